The molecule has 4 amide bonds. The summed E-state index contributed by atoms with van der Waals surface area (Å²) in [4.78, 5) is 35.6. The topological polar surface area (TPSA) is 99.3 Å². The molecule has 3 aromatic carbocycles. The molecule has 0 heterocycles. The van der Waals surface area contributed by atoms with Gasteiger partial charge in [-0.2, -0.15) is 0 Å². The molecule has 0 radical (unpaired) electrons. The molecule has 0 saturated heterocycles. The normalized spacial score (nSPS) is 10.2. The van der Waals surface area contributed by atoms with E-state index in [0.29, 0.717) is 11.4 Å². The standard InChI is InChI=1S/C22H22N4O3/c1-23-22(29)26-18-11-9-17(10-12-18)25-21(28)14-24-20(27)13-16-7-4-6-15-5-2-3-8-19(15)16/h2-12H,13-14H2,1H3,(H,24,27)(H,25,28)(H2,23,26,29). The quantitative estimate of drug-likeness (QED) is 0.521. The van der Waals surface area contributed by atoms with Crippen LogP contribution in [0, 0.1) is 0 Å². The van der Waals surface area contributed by atoms with Crippen molar-refractivity contribution in [1.29, 1.82) is 0 Å². The second-order valence-electron chi connectivity index (χ2n) is 6.42. The van der Waals surface area contributed by atoms with Crippen LogP contribution in [0.15, 0.2) is 66.7 Å². The zero-order valence-electron chi connectivity index (χ0n) is 16.0. The molecule has 0 aliphatic heterocycles. The van der Waals surface area contributed by atoms with E-state index < -0.39 is 0 Å². The van der Waals surface area contributed by atoms with Crippen molar-refractivity contribution < 1.29 is 14.4 Å². The van der Waals surface area contributed by atoms with Gasteiger partial charge in [0.25, 0.3) is 0 Å². The van der Waals surface area contributed by atoms with Crippen molar-refractivity contribution in [3.63, 3.8) is 0 Å². The lowest BCUT2D eigenvalue weighted by Crippen LogP contribution is -2.33. The fraction of sp³-hybridized carbons (Fsp3) is 0.136. The monoisotopic (exact) mass is 390 g/mol. The summed E-state index contributed by atoms with van der Waals surface area (Å²) in [5, 5.41) is 12.5. The number of hydrogen-bond donors (Lipinski definition) is 4. The summed E-state index contributed by atoms with van der Waals surface area (Å²) in [5.41, 5.74) is 2.09. The highest BCUT2D eigenvalue weighted by Crippen LogP contribution is 2.18. The first-order valence-electron chi connectivity index (χ1n) is 9.17. The predicted molar refractivity (Wildman–Crippen MR) is 114 cm³/mol. The van der Waals surface area contributed by atoms with Crippen molar-refractivity contribution in [3.05, 3.63) is 72.3 Å². The first-order valence-corrected chi connectivity index (χ1v) is 9.17. The van der Waals surface area contributed by atoms with Gasteiger partial charge in [-0.15, -0.1) is 0 Å². The van der Waals surface area contributed by atoms with E-state index in [-0.39, 0.29) is 30.8 Å². The van der Waals surface area contributed by atoms with Crippen LogP contribution in [0.2, 0.25) is 0 Å². The number of benzene rings is 3. The zero-order valence-corrected chi connectivity index (χ0v) is 16.0. The average molecular weight is 390 g/mol. The molecule has 0 aliphatic carbocycles. The molecule has 0 aromatic heterocycles. The van der Waals surface area contributed by atoms with Gasteiger partial charge in [-0.1, -0.05) is 42.5 Å². The summed E-state index contributed by atoms with van der Waals surface area (Å²) in [6.07, 6.45) is 0.203. The van der Waals surface area contributed by atoms with Gasteiger partial charge in [0.1, 0.15) is 0 Å². The zero-order chi connectivity index (χ0) is 20.6. The average Bonchev–Trinajstić information content (AvgIpc) is 2.74. The fourth-order valence-corrected chi connectivity index (χ4v) is 2.90. The molecule has 7 heteroatoms. The highest BCUT2D eigenvalue weighted by molar-refractivity contribution is 5.96. The molecule has 148 valence electrons. The van der Waals surface area contributed by atoms with Crippen LogP contribution >= 0.6 is 0 Å². The maximum Gasteiger partial charge on any atom is 0.318 e. The highest BCUT2D eigenvalue weighted by Gasteiger charge is 2.09. The molecular formula is C22H22N4O3. The Kier molecular flexibility index (Phi) is 6.42. The number of amides is 4. The Balaban J connectivity index is 1.50. The number of fused-ring (bicyclic) bond motifs is 1. The number of anilines is 2. The number of carbonyl (C=O) groups is 3. The third-order valence-corrected chi connectivity index (χ3v) is 4.33. The van der Waals surface area contributed by atoms with Gasteiger partial charge in [-0.05, 0) is 40.6 Å². The minimum absolute atomic E-state index is 0.123. The van der Waals surface area contributed by atoms with E-state index in [2.05, 4.69) is 21.3 Å². The minimum Gasteiger partial charge on any atom is -0.347 e. The highest BCUT2D eigenvalue weighted by atomic mass is 16.2. The lowest BCUT2D eigenvalue weighted by atomic mass is 10.0. The van der Waals surface area contributed by atoms with Crippen LogP contribution in [0.1, 0.15) is 5.56 Å². The second-order valence-corrected chi connectivity index (χ2v) is 6.42. The Labute approximate surface area is 168 Å². The summed E-state index contributed by atoms with van der Waals surface area (Å²) in [7, 11) is 1.53. The Morgan fingerprint density at radius 1 is 0.759 bits per heavy atom. The van der Waals surface area contributed by atoms with Gasteiger partial charge in [-0.25, -0.2) is 4.79 Å². The third kappa shape index (κ3) is 5.55. The molecular weight excluding hydrogens is 368 g/mol. The van der Waals surface area contributed by atoms with Crippen LogP contribution in [0.3, 0.4) is 0 Å². The van der Waals surface area contributed by atoms with Crippen molar-refractivity contribution in [2.24, 2.45) is 0 Å². The summed E-state index contributed by atoms with van der Waals surface area (Å²) in [6.45, 7) is -0.123. The second kappa shape index (κ2) is 9.36. The first kappa shape index (κ1) is 19.9. The van der Waals surface area contributed by atoms with Gasteiger partial charge in [0.05, 0.1) is 13.0 Å². The van der Waals surface area contributed by atoms with E-state index in [0.717, 1.165) is 16.3 Å². The lowest BCUT2D eigenvalue weighted by Gasteiger charge is -2.09. The molecule has 0 spiro atoms. The molecule has 0 atom stereocenters. The van der Waals surface area contributed by atoms with E-state index in [1.165, 1.54) is 7.05 Å². The molecule has 0 unspecified atom stereocenters. The number of carbonyl (C=O) groups excluding carboxylic acids is 3. The lowest BCUT2D eigenvalue weighted by molar-refractivity contribution is -0.123. The van der Waals surface area contributed by atoms with E-state index in [1.807, 2.05) is 42.5 Å². The van der Waals surface area contributed by atoms with Crippen molar-refractivity contribution in [2.75, 3.05) is 24.2 Å². The molecule has 29 heavy (non-hydrogen) atoms. The van der Waals surface area contributed by atoms with Gasteiger partial charge in [-0.3, -0.25) is 9.59 Å². The van der Waals surface area contributed by atoms with Crippen LogP contribution < -0.4 is 21.3 Å². The van der Waals surface area contributed by atoms with Crippen LogP contribution in [-0.4, -0.2) is 31.4 Å². The van der Waals surface area contributed by atoms with Crippen LogP contribution in [0.5, 0.6) is 0 Å². The molecule has 3 aromatic rings. The molecule has 0 aliphatic rings. The summed E-state index contributed by atoms with van der Waals surface area (Å²) in [6, 6.07) is 20.1. The molecule has 0 saturated carbocycles. The predicted octanol–water partition coefficient (Wildman–Crippen LogP) is 2.89. The van der Waals surface area contributed by atoms with Gasteiger partial charge >= 0.3 is 6.03 Å². The van der Waals surface area contributed by atoms with Gasteiger partial charge in [0.2, 0.25) is 11.8 Å². The molecule has 0 fully saturated rings. The van der Waals surface area contributed by atoms with E-state index in [1.54, 1.807) is 24.3 Å². The SMILES string of the molecule is CNC(=O)Nc1ccc(NC(=O)CNC(=O)Cc2cccc3ccccc23)cc1. The van der Waals surface area contributed by atoms with E-state index >= 15 is 0 Å². The maximum atomic E-state index is 12.3. The summed E-state index contributed by atoms with van der Waals surface area (Å²) >= 11 is 0. The number of urea groups is 1. The van der Waals surface area contributed by atoms with Crippen molar-refractivity contribution in [2.45, 2.75) is 6.42 Å². The molecule has 0 bridgehead atoms. The summed E-state index contributed by atoms with van der Waals surface area (Å²) < 4.78 is 0. The van der Waals surface area contributed by atoms with Crippen molar-refractivity contribution in [1.82, 2.24) is 10.6 Å². The van der Waals surface area contributed by atoms with Gasteiger partial charge < -0.3 is 21.3 Å². The Hall–Kier alpha value is -3.87. The van der Waals surface area contributed by atoms with Gasteiger partial charge in [0, 0.05) is 18.4 Å². The first-order chi connectivity index (χ1) is 14.0. The summed E-state index contributed by atoms with van der Waals surface area (Å²) in [5.74, 6) is -0.551. The van der Waals surface area contributed by atoms with Gasteiger partial charge in [0.15, 0.2) is 0 Å². The smallest absolute Gasteiger partial charge is 0.318 e. The number of nitrogens with one attached hydrogen (secondary N) is 4. The van der Waals surface area contributed by atoms with E-state index in [4.69, 9.17) is 0 Å². The van der Waals surface area contributed by atoms with Crippen molar-refractivity contribution >= 4 is 40.0 Å². The largest absolute Gasteiger partial charge is 0.347 e. The Morgan fingerprint density at radius 2 is 1.41 bits per heavy atom. The maximum absolute atomic E-state index is 12.3. The minimum atomic E-state index is -0.330. The van der Waals surface area contributed by atoms with Crippen LogP contribution in [0.4, 0.5) is 16.2 Å². The number of hydrogen-bond acceptors (Lipinski definition) is 3. The van der Waals surface area contributed by atoms with Crippen LogP contribution in [0.25, 0.3) is 10.8 Å². The fourth-order valence-electron chi connectivity index (χ4n) is 2.90. The molecule has 3 rings (SSSR count). The van der Waals surface area contributed by atoms with Crippen molar-refractivity contribution in [3.8, 4) is 0 Å². The molecule has 4 N–H and O–H groups in total. The van der Waals surface area contributed by atoms with E-state index in [9.17, 15) is 14.4 Å². The number of rotatable bonds is 6. The molecule has 7 nitrogen and oxygen atoms in total. The van der Waals surface area contributed by atoms with Crippen LogP contribution in [-0.2, 0) is 16.0 Å². The Bertz CT molecular complexity index is 1030. The third-order valence-electron chi connectivity index (χ3n) is 4.33. The Morgan fingerprint density at radius 3 is 2.14 bits per heavy atom.